The fraction of sp³-hybridized carbons (Fsp3) is 0.650. The van der Waals surface area contributed by atoms with E-state index in [0.29, 0.717) is 24.1 Å². The molecule has 0 aliphatic carbocycles. The van der Waals surface area contributed by atoms with Crippen molar-refractivity contribution in [1.82, 2.24) is 10.2 Å². The van der Waals surface area contributed by atoms with E-state index in [1.807, 2.05) is 24.3 Å². The van der Waals surface area contributed by atoms with Crippen LogP contribution in [0, 0.1) is 5.92 Å². The number of rotatable bonds is 8. The topological polar surface area (TPSA) is 41.6 Å². The fourth-order valence-corrected chi connectivity index (χ4v) is 3.07. The molecule has 1 unspecified atom stereocenters. The van der Waals surface area contributed by atoms with Gasteiger partial charge in [-0.3, -0.25) is 4.79 Å². The van der Waals surface area contributed by atoms with E-state index in [0.717, 1.165) is 25.3 Å². The zero-order valence-corrected chi connectivity index (χ0v) is 15.4. The van der Waals surface area contributed by atoms with Gasteiger partial charge >= 0.3 is 0 Å². The van der Waals surface area contributed by atoms with Crippen molar-refractivity contribution in [1.29, 1.82) is 0 Å². The minimum atomic E-state index is -0.0170. The van der Waals surface area contributed by atoms with Crippen LogP contribution in [-0.2, 0) is 0 Å². The van der Waals surface area contributed by atoms with Gasteiger partial charge in [-0.1, -0.05) is 26.3 Å². The summed E-state index contributed by atoms with van der Waals surface area (Å²) in [5.74, 6) is 1.22. The highest BCUT2D eigenvalue weighted by molar-refractivity contribution is 5.94. The number of piperidine rings is 1. The molecular weight excluding hydrogens is 300 g/mol. The molecule has 4 nitrogen and oxygen atoms in total. The molecule has 1 aliphatic rings. The lowest BCUT2D eigenvalue weighted by molar-refractivity contribution is 0.0948. The largest absolute Gasteiger partial charge is 0.493 e. The molecule has 1 fully saturated rings. The number of ether oxygens (including phenoxy) is 1. The maximum Gasteiger partial charge on any atom is 0.251 e. The molecule has 1 amide bonds. The Hall–Kier alpha value is -1.55. The molecule has 0 radical (unpaired) electrons. The molecule has 24 heavy (non-hydrogen) atoms. The number of nitrogens with zero attached hydrogens (tertiary/aromatic N) is 1. The third kappa shape index (κ3) is 6.16. The second-order valence-corrected chi connectivity index (χ2v) is 7.22. The highest BCUT2D eigenvalue weighted by Gasteiger charge is 2.17. The zero-order chi connectivity index (χ0) is 17.4. The summed E-state index contributed by atoms with van der Waals surface area (Å²) in [5, 5.41) is 3.02. The molecule has 1 atom stereocenters. The van der Waals surface area contributed by atoms with Crippen LogP contribution in [0.2, 0.25) is 0 Å². The average Bonchev–Trinajstić information content (AvgIpc) is 2.58. The number of hydrogen-bond acceptors (Lipinski definition) is 3. The Bertz CT molecular complexity index is 516. The zero-order valence-electron chi connectivity index (χ0n) is 15.4. The van der Waals surface area contributed by atoms with E-state index in [9.17, 15) is 4.79 Å². The Morgan fingerprint density at radius 1 is 1.38 bits per heavy atom. The third-order valence-corrected chi connectivity index (χ3v) is 4.53. The highest BCUT2D eigenvalue weighted by atomic mass is 16.5. The van der Waals surface area contributed by atoms with Gasteiger partial charge in [0, 0.05) is 24.7 Å². The number of benzene rings is 1. The summed E-state index contributed by atoms with van der Waals surface area (Å²) in [6, 6.07) is 8.12. The number of carbonyl (C=O) groups excluding carboxylic acids is 1. The molecule has 1 heterocycles. The molecule has 1 N–H and O–H groups in total. The Labute approximate surface area is 146 Å². The van der Waals surface area contributed by atoms with Crippen LogP contribution < -0.4 is 10.1 Å². The average molecular weight is 332 g/mol. The van der Waals surface area contributed by atoms with Crippen molar-refractivity contribution < 1.29 is 9.53 Å². The van der Waals surface area contributed by atoms with E-state index < -0.39 is 0 Å². The maximum absolute atomic E-state index is 12.3. The molecule has 0 bridgehead atoms. The molecular formula is C20H32N2O2. The van der Waals surface area contributed by atoms with E-state index in [2.05, 4.69) is 31.0 Å². The van der Waals surface area contributed by atoms with Crippen molar-refractivity contribution in [3.8, 4) is 5.75 Å². The van der Waals surface area contributed by atoms with Crippen molar-refractivity contribution in [2.75, 3.05) is 26.2 Å². The first-order valence-electron chi connectivity index (χ1n) is 9.31. The minimum absolute atomic E-state index is 0.0170. The standard InChI is InChI=1S/C20H32N2O2/c1-16(2)15-24-19-10-6-9-18(14-19)20(23)21-11-7-13-22-12-5-4-8-17(22)3/h6,9-10,14,16-17H,4-5,7-8,11-13,15H2,1-3H3,(H,21,23). The summed E-state index contributed by atoms with van der Waals surface area (Å²) in [6.07, 6.45) is 4.96. The Morgan fingerprint density at radius 2 is 2.21 bits per heavy atom. The second kappa shape index (κ2) is 9.67. The van der Waals surface area contributed by atoms with Gasteiger partial charge in [0.1, 0.15) is 5.75 Å². The Balaban J connectivity index is 1.73. The molecule has 0 aromatic heterocycles. The van der Waals surface area contributed by atoms with Crippen LogP contribution in [0.5, 0.6) is 5.75 Å². The monoisotopic (exact) mass is 332 g/mol. The summed E-state index contributed by atoms with van der Waals surface area (Å²) in [7, 11) is 0. The number of carbonyl (C=O) groups is 1. The van der Waals surface area contributed by atoms with Crippen LogP contribution in [0.4, 0.5) is 0 Å². The predicted octanol–water partition coefficient (Wildman–Crippen LogP) is 3.72. The quantitative estimate of drug-likeness (QED) is 0.738. The SMILES string of the molecule is CC(C)COc1cccc(C(=O)NCCCN2CCCCC2C)c1. The molecule has 2 rings (SSSR count). The van der Waals surface area contributed by atoms with Crippen LogP contribution in [0.15, 0.2) is 24.3 Å². The van der Waals surface area contributed by atoms with Gasteiger partial charge < -0.3 is 15.0 Å². The van der Waals surface area contributed by atoms with Crippen molar-refractivity contribution in [3.05, 3.63) is 29.8 Å². The summed E-state index contributed by atoms with van der Waals surface area (Å²) in [4.78, 5) is 14.8. The van der Waals surface area contributed by atoms with Crippen LogP contribution >= 0.6 is 0 Å². The summed E-state index contributed by atoms with van der Waals surface area (Å²) in [6.45, 7) is 10.2. The van der Waals surface area contributed by atoms with Crippen molar-refractivity contribution in [2.45, 2.75) is 52.5 Å². The van der Waals surface area contributed by atoms with E-state index in [1.165, 1.54) is 25.8 Å². The van der Waals surface area contributed by atoms with Crippen LogP contribution in [0.1, 0.15) is 56.8 Å². The van der Waals surface area contributed by atoms with Gasteiger partial charge in [0.15, 0.2) is 0 Å². The first-order valence-corrected chi connectivity index (χ1v) is 9.31. The summed E-state index contributed by atoms with van der Waals surface area (Å²) >= 11 is 0. The van der Waals surface area contributed by atoms with Gasteiger partial charge in [-0.15, -0.1) is 0 Å². The predicted molar refractivity (Wildman–Crippen MR) is 98.6 cm³/mol. The maximum atomic E-state index is 12.3. The fourth-order valence-electron chi connectivity index (χ4n) is 3.07. The molecule has 1 saturated heterocycles. The number of likely N-dealkylation sites (tertiary alicyclic amines) is 1. The first-order chi connectivity index (χ1) is 11.6. The van der Waals surface area contributed by atoms with Crippen molar-refractivity contribution in [2.24, 2.45) is 5.92 Å². The molecule has 1 aliphatic heterocycles. The lowest BCUT2D eigenvalue weighted by Crippen LogP contribution is -2.39. The van der Waals surface area contributed by atoms with E-state index >= 15 is 0 Å². The van der Waals surface area contributed by atoms with Gasteiger partial charge in [-0.2, -0.15) is 0 Å². The van der Waals surface area contributed by atoms with Crippen LogP contribution in [0.25, 0.3) is 0 Å². The lowest BCUT2D eigenvalue weighted by atomic mass is 10.0. The van der Waals surface area contributed by atoms with E-state index in [-0.39, 0.29) is 5.91 Å². The third-order valence-electron chi connectivity index (χ3n) is 4.53. The Kier molecular flexibility index (Phi) is 7.57. The lowest BCUT2D eigenvalue weighted by Gasteiger charge is -2.33. The minimum Gasteiger partial charge on any atom is -0.493 e. The molecule has 4 heteroatoms. The van der Waals surface area contributed by atoms with Gasteiger partial charge in [-0.25, -0.2) is 0 Å². The van der Waals surface area contributed by atoms with Gasteiger partial charge in [-0.05, 0) is 56.8 Å². The van der Waals surface area contributed by atoms with Crippen LogP contribution in [-0.4, -0.2) is 43.1 Å². The first kappa shape index (κ1) is 18.8. The normalized spacial score (nSPS) is 18.6. The number of hydrogen-bond donors (Lipinski definition) is 1. The van der Waals surface area contributed by atoms with Gasteiger partial charge in [0.05, 0.1) is 6.61 Å². The molecule has 1 aromatic rings. The summed E-state index contributed by atoms with van der Waals surface area (Å²) < 4.78 is 5.69. The van der Waals surface area contributed by atoms with Crippen molar-refractivity contribution >= 4 is 5.91 Å². The van der Waals surface area contributed by atoms with E-state index in [1.54, 1.807) is 0 Å². The van der Waals surface area contributed by atoms with Crippen LogP contribution in [0.3, 0.4) is 0 Å². The second-order valence-electron chi connectivity index (χ2n) is 7.22. The number of amides is 1. The summed E-state index contributed by atoms with van der Waals surface area (Å²) in [5.41, 5.74) is 0.669. The van der Waals surface area contributed by atoms with Crippen molar-refractivity contribution in [3.63, 3.8) is 0 Å². The highest BCUT2D eigenvalue weighted by Crippen LogP contribution is 2.16. The number of nitrogens with one attached hydrogen (secondary N) is 1. The molecule has 0 spiro atoms. The Morgan fingerprint density at radius 3 is 2.96 bits per heavy atom. The van der Waals surface area contributed by atoms with Gasteiger partial charge in [0.25, 0.3) is 5.91 Å². The van der Waals surface area contributed by atoms with E-state index in [4.69, 9.17) is 4.74 Å². The smallest absolute Gasteiger partial charge is 0.251 e. The molecule has 134 valence electrons. The molecule has 1 aromatic carbocycles. The van der Waals surface area contributed by atoms with Gasteiger partial charge in [0.2, 0.25) is 0 Å². The molecule has 0 saturated carbocycles.